The van der Waals surface area contributed by atoms with Gasteiger partial charge in [-0.2, -0.15) is 0 Å². The second kappa shape index (κ2) is 5.09. The lowest BCUT2D eigenvalue weighted by Gasteiger charge is -2.22. The van der Waals surface area contributed by atoms with Crippen LogP contribution in [0.25, 0.3) is 11.1 Å². The zero-order valence-corrected chi connectivity index (χ0v) is 13.0. The average molecular weight is 264 g/mol. The lowest BCUT2D eigenvalue weighted by molar-refractivity contribution is 0.846. The molecule has 2 aromatic carbocycles. The summed E-state index contributed by atoms with van der Waals surface area (Å²) in [6.07, 6.45) is 2.37. The molecule has 0 heterocycles. The average Bonchev–Trinajstić information content (AvgIpc) is 2.45. The van der Waals surface area contributed by atoms with Crippen molar-refractivity contribution in [2.45, 2.75) is 52.4 Å². The Balaban J connectivity index is 2.07. The van der Waals surface area contributed by atoms with E-state index < -0.39 is 0 Å². The van der Waals surface area contributed by atoms with Gasteiger partial charge in [0.1, 0.15) is 0 Å². The molecule has 0 atom stereocenters. The lowest BCUT2D eigenvalue weighted by atomic mass is 9.82. The van der Waals surface area contributed by atoms with E-state index in [4.69, 9.17) is 0 Å². The molecule has 1 aliphatic carbocycles. The van der Waals surface area contributed by atoms with Crippen LogP contribution in [0.4, 0.5) is 0 Å². The first-order chi connectivity index (χ1) is 9.56. The molecule has 0 saturated carbocycles. The molecule has 0 N–H and O–H groups in total. The van der Waals surface area contributed by atoms with Gasteiger partial charge in [-0.3, -0.25) is 0 Å². The van der Waals surface area contributed by atoms with E-state index in [0.717, 1.165) is 0 Å². The van der Waals surface area contributed by atoms with Gasteiger partial charge in [0.15, 0.2) is 0 Å². The molecule has 1 aliphatic rings. The summed E-state index contributed by atoms with van der Waals surface area (Å²) in [4.78, 5) is 0. The molecule has 20 heavy (non-hydrogen) atoms. The molecule has 0 bridgehead atoms. The van der Waals surface area contributed by atoms with E-state index in [-0.39, 0.29) is 0 Å². The fourth-order valence-electron chi connectivity index (χ4n) is 3.15. The highest BCUT2D eigenvalue weighted by molar-refractivity contribution is 5.74. The normalized spacial score (nSPS) is 13.5. The largest absolute Gasteiger partial charge is 0.0587 e. The summed E-state index contributed by atoms with van der Waals surface area (Å²) in [6, 6.07) is 14.1. The van der Waals surface area contributed by atoms with E-state index in [0.29, 0.717) is 11.8 Å². The van der Waals surface area contributed by atoms with E-state index in [1.165, 1.54) is 46.2 Å². The number of benzene rings is 2. The van der Waals surface area contributed by atoms with Crippen LogP contribution in [0.2, 0.25) is 0 Å². The van der Waals surface area contributed by atoms with Gasteiger partial charge in [0.2, 0.25) is 0 Å². The van der Waals surface area contributed by atoms with Crippen molar-refractivity contribution in [3.63, 3.8) is 0 Å². The highest BCUT2D eigenvalue weighted by Crippen LogP contribution is 2.36. The minimum Gasteiger partial charge on any atom is -0.0587 e. The summed E-state index contributed by atoms with van der Waals surface area (Å²) < 4.78 is 0. The van der Waals surface area contributed by atoms with Crippen LogP contribution >= 0.6 is 0 Å². The summed E-state index contributed by atoms with van der Waals surface area (Å²) in [6.45, 7) is 9.08. The first-order valence-corrected chi connectivity index (χ1v) is 7.82. The van der Waals surface area contributed by atoms with E-state index in [9.17, 15) is 0 Å². The number of hydrogen-bond acceptors (Lipinski definition) is 0. The summed E-state index contributed by atoms with van der Waals surface area (Å²) in [5, 5.41) is 0. The van der Waals surface area contributed by atoms with Crippen LogP contribution in [0.3, 0.4) is 0 Å². The van der Waals surface area contributed by atoms with E-state index >= 15 is 0 Å². The fraction of sp³-hybridized carbons (Fsp3) is 0.400. The molecule has 0 nitrogen and oxygen atoms in total. The Hall–Kier alpha value is -1.56. The van der Waals surface area contributed by atoms with E-state index in [2.05, 4.69) is 64.1 Å². The highest BCUT2D eigenvalue weighted by Gasteiger charge is 2.17. The van der Waals surface area contributed by atoms with Gasteiger partial charge in [-0.15, -0.1) is 0 Å². The summed E-state index contributed by atoms with van der Waals surface area (Å²) in [5.74, 6) is 1.23. The number of aryl methyl sites for hydroxylation is 2. The summed E-state index contributed by atoms with van der Waals surface area (Å²) in [5.41, 5.74) is 8.89. The Labute approximate surface area is 122 Å². The van der Waals surface area contributed by atoms with Crippen LogP contribution in [-0.2, 0) is 12.8 Å². The van der Waals surface area contributed by atoms with Crippen molar-refractivity contribution in [3.05, 3.63) is 58.7 Å². The zero-order valence-electron chi connectivity index (χ0n) is 13.0. The van der Waals surface area contributed by atoms with E-state index in [1.54, 1.807) is 0 Å². The molecule has 0 aromatic heterocycles. The van der Waals surface area contributed by atoms with Crippen LogP contribution in [0.1, 0.15) is 61.8 Å². The monoisotopic (exact) mass is 264 g/mol. The molecule has 0 spiro atoms. The molecule has 0 amide bonds. The Bertz CT molecular complexity index is 575. The van der Waals surface area contributed by atoms with Gasteiger partial charge in [0.05, 0.1) is 0 Å². The smallest absolute Gasteiger partial charge is 0.0149 e. The molecule has 104 valence electrons. The number of fused-ring (bicyclic) bond motifs is 3. The Morgan fingerprint density at radius 1 is 0.650 bits per heavy atom. The standard InChI is InChI=1S/C20H24/c1-13(2)15-7-9-19-17(11-15)5-6-18-12-16(14(3)4)8-10-20(18)19/h7-14H,5-6H2,1-4H3. The molecule has 0 unspecified atom stereocenters. The topological polar surface area (TPSA) is 0 Å². The molecule has 3 rings (SSSR count). The molecular weight excluding hydrogens is 240 g/mol. The van der Waals surface area contributed by atoms with Gasteiger partial charge in [-0.05, 0) is 58.1 Å². The van der Waals surface area contributed by atoms with Gasteiger partial charge in [0, 0.05) is 0 Å². The minimum absolute atomic E-state index is 0.616. The predicted molar refractivity (Wildman–Crippen MR) is 87.5 cm³/mol. The molecule has 0 saturated heterocycles. The van der Waals surface area contributed by atoms with Crippen LogP contribution in [0.15, 0.2) is 36.4 Å². The van der Waals surface area contributed by atoms with Crippen molar-refractivity contribution in [2.75, 3.05) is 0 Å². The third-order valence-corrected chi connectivity index (χ3v) is 4.55. The first-order valence-electron chi connectivity index (χ1n) is 7.82. The Morgan fingerprint density at radius 3 is 1.40 bits per heavy atom. The third kappa shape index (κ3) is 2.28. The molecule has 0 aliphatic heterocycles. The van der Waals surface area contributed by atoms with Gasteiger partial charge in [0.25, 0.3) is 0 Å². The van der Waals surface area contributed by atoms with Gasteiger partial charge in [-0.1, -0.05) is 64.1 Å². The van der Waals surface area contributed by atoms with Crippen molar-refractivity contribution < 1.29 is 0 Å². The minimum atomic E-state index is 0.616. The van der Waals surface area contributed by atoms with Gasteiger partial charge >= 0.3 is 0 Å². The first kappa shape index (κ1) is 13.4. The second-order valence-corrected chi connectivity index (χ2v) is 6.64. The molecule has 2 aromatic rings. The Kier molecular flexibility index (Phi) is 3.41. The van der Waals surface area contributed by atoms with Gasteiger partial charge < -0.3 is 0 Å². The van der Waals surface area contributed by atoms with Gasteiger partial charge in [-0.25, -0.2) is 0 Å². The van der Waals surface area contributed by atoms with E-state index in [1.807, 2.05) is 0 Å². The van der Waals surface area contributed by atoms with Crippen molar-refractivity contribution in [1.29, 1.82) is 0 Å². The van der Waals surface area contributed by atoms with Crippen LogP contribution in [-0.4, -0.2) is 0 Å². The molecular formula is C20H24. The zero-order chi connectivity index (χ0) is 14.3. The Morgan fingerprint density at radius 2 is 1.05 bits per heavy atom. The van der Waals surface area contributed by atoms with Crippen molar-refractivity contribution in [2.24, 2.45) is 0 Å². The van der Waals surface area contributed by atoms with Crippen LogP contribution in [0, 0.1) is 0 Å². The van der Waals surface area contributed by atoms with Crippen molar-refractivity contribution >= 4 is 0 Å². The van der Waals surface area contributed by atoms with Crippen molar-refractivity contribution in [3.8, 4) is 11.1 Å². The van der Waals surface area contributed by atoms with Crippen LogP contribution in [0.5, 0.6) is 0 Å². The maximum absolute atomic E-state index is 2.42. The molecule has 0 fully saturated rings. The van der Waals surface area contributed by atoms with Crippen LogP contribution < -0.4 is 0 Å². The SMILES string of the molecule is CC(C)c1ccc2c(c1)CCc1cc(C(C)C)ccc1-2. The third-order valence-electron chi connectivity index (χ3n) is 4.55. The highest BCUT2D eigenvalue weighted by atomic mass is 14.2. The number of hydrogen-bond donors (Lipinski definition) is 0. The lowest BCUT2D eigenvalue weighted by Crippen LogP contribution is -2.06. The summed E-state index contributed by atoms with van der Waals surface area (Å²) >= 11 is 0. The second-order valence-electron chi connectivity index (χ2n) is 6.64. The summed E-state index contributed by atoms with van der Waals surface area (Å²) in [7, 11) is 0. The van der Waals surface area contributed by atoms with Crippen molar-refractivity contribution in [1.82, 2.24) is 0 Å². The maximum atomic E-state index is 2.42. The maximum Gasteiger partial charge on any atom is -0.0149 e. The fourth-order valence-corrected chi connectivity index (χ4v) is 3.15. The number of rotatable bonds is 2. The molecule has 0 radical (unpaired) electrons. The molecule has 0 heteroatoms. The quantitative estimate of drug-likeness (QED) is 0.652. The predicted octanol–water partition coefficient (Wildman–Crippen LogP) is 5.70.